The highest BCUT2D eigenvalue weighted by molar-refractivity contribution is 7.89. The SMILES string of the molecule is Cc1cccc(S(=O)(=O)N2CC[C@@H](C)[C@@H](n3ccc(=O)c4cnc5[nH]ccc5c43)C2)c1. The Hall–Kier alpha value is -2.97. The van der Waals surface area contributed by atoms with Crippen LogP contribution in [0.1, 0.15) is 24.9 Å². The number of piperidine rings is 1. The molecule has 3 aromatic heterocycles. The summed E-state index contributed by atoms with van der Waals surface area (Å²) in [6.45, 7) is 4.86. The van der Waals surface area contributed by atoms with E-state index in [2.05, 4.69) is 21.5 Å². The Morgan fingerprint density at radius 1 is 1.16 bits per heavy atom. The minimum atomic E-state index is -3.60. The number of sulfonamides is 1. The second-order valence-electron chi connectivity index (χ2n) is 8.36. The highest BCUT2D eigenvalue weighted by atomic mass is 32.2. The molecule has 4 aromatic rings. The standard InChI is InChI=1S/C23H24N4O3S/c1-15-4-3-5-17(12-15)31(29,30)26-10-7-16(2)20(14-26)27-11-8-21(28)19-13-25-23-18(22(19)27)6-9-24-23/h3-6,8-9,11-13,16,20H,7,10,14H2,1-2H3,(H,24,25)/t16-,20+/m1/s1. The Balaban J connectivity index is 1.62. The third kappa shape index (κ3) is 3.26. The van der Waals surface area contributed by atoms with Crippen molar-refractivity contribution < 1.29 is 8.42 Å². The number of hydrogen-bond donors (Lipinski definition) is 1. The van der Waals surface area contributed by atoms with Gasteiger partial charge in [0.05, 0.1) is 21.8 Å². The average molecular weight is 437 g/mol. The van der Waals surface area contributed by atoms with Crippen molar-refractivity contribution in [3.05, 3.63) is 70.8 Å². The lowest BCUT2D eigenvalue weighted by molar-refractivity contribution is 0.204. The first-order valence-electron chi connectivity index (χ1n) is 10.4. The zero-order chi connectivity index (χ0) is 21.8. The molecule has 1 aliphatic heterocycles. The van der Waals surface area contributed by atoms with Crippen molar-refractivity contribution in [2.45, 2.75) is 31.2 Å². The van der Waals surface area contributed by atoms with E-state index >= 15 is 0 Å². The van der Waals surface area contributed by atoms with E-state index in [1.54, 1.807) is 47.2 Å². The molecule has 8 heteroatoms. The summed E-state index contributed by atoms with van der Waals surface area (Å²) in [5, 5.41) is 1.40. The van der Waals surface area contributed by atoms with Crippen LogP contribution in [0, 0.1) is 12.8 Å². The summed E-state index contributed by atoms with van der Waals surface area (Å²) in [5.41, 5.74) is 2.33. The molecule has 1 aliphatic rings. The van der Waals surface area contributed by atoms with Gasteiger partial charge in [0.25, 0.3) is 0 Å². The first kappa shape index (κ1) is 20.0. The molecule has 1 saturated heterocycles. The number of aromatic nitrogens is 3. The van der Waals surface area contributed by atoms with Crippen molar-refractivity contribution in [1.82, 2.24) is 18.8 Å². The Kier molecular flexibility index (Phi) is 4.71. The molecule has 5 rings (SSSR count). The van der Waals surface area contributed by atoms with Gasteiger partial charge in [-0.1, -0.05) is 19.1 Å². The number of nitrogens with zero attached hydrogens (tertiary/aromatic N) is 3. The monoisotopic (exact) mass is 436 g/mol. The molecular formula is C23H24N4O3S. The summed E-state index contributed by atoms with van der Waals surface area (Å²) >= 11 is 0. The summed E-state index contributed by atoms with van der Waals surface area (Å²) in [6, 6.07) is 10.4. The molecule has 0 unspecified atom stereocenters. The molecule has 0 aliphatic carbocycles. The van der Waals surface area contributed by atoms with E-state index in [0.717, 1.165) is 22.9 Å². The summed E-state index contributed by atoms with van der Waals surface area (Å²) in [6.07, 6.45) is 5.94. The molecule has 2 atom stereocenters. The normalized spacial score (nSPS) is 20.5. The van der Waals surface area contributed by atoms with Crippen LogP contribution in [-0.4, -0.2) is 40.3 Å². The predicted molar refractivity (Wildman–Crippen MR) is 121 cm³/mol. The average Bonchev–Trinajstić information content (AvgIpc) is 3.24. The van der Waals surface area contributed by atoms with Gasteiger partial charge in [-0.25, -0.2) is 13.4 Å². The number of benzene rings is 1. The van der Waals surface area contributed by atoms with Crippen LogP contribution in [0.4, 0.5) is 0 Å². The van der Waals surface area contributed by atoms with Crippen LogP contribution >= 0.6 is 0 Å². The summed E-state index contributed by atoms with van der Waals surface area (Å²) in [5.74, 6) is 0.247. The van der Waals surface area contributed by atoms with Crippen LogP contribution in [0.25, 0.3) is 21.9 Å². The maximum absolute atomic E-state index is 13.4. The zero-order valence-corrected chi connectivity index (χ0v) is 18.3. The van der Waals surface area contributed by atoms with E-state index in [1.807, 2.05) is 19.1 Å². The fourth-order valence-electron chi connectivity index (χ4n) is 4.57. The van der Waals surface area contributed by atoms with E-state index in [4.69, 9.17) is 0 Å². The number of pyridine rings is 2. The van der Waals surface area contributed by atoms with Gasteiger partial charge in [0.1, 0.15) is 5.65 Å². The van der Waals surface area contributed by atoms with Crippen molar-refractivity contribution >= 4 is 32.0 Å². The maximum Gasteiger partial charge on any atom is 0.243 e. The lowest BCUT2D eigenvalue weighted by Gasteiger charge is -2.38. The molecule has 0 saturated carbocycles. The second-order valence-corrected chi connectivity index (χ2v) is 10.3. The third-order valence-corrected chi connectivity index (χ3v) is 8.20. The van der Waals surface area contributed by atoms with E-state index in [9.17, 15) is 13.2 Å². The molecule has 160 valence electrons. The van der Waals surface area contributed by atoms with Gasteiger partial charge >= 0.3 is 0 Å². The molecular weight excluding hydrogens is 412 g/mol. The largest absolute Gasteiger partial charge is 0.346 e. The van der Waals surface area contributed by atoms with E-state index < -0.39 is 10.0 Å². The number of nitrogens with one attached hydrogen (secondary N) is 1. The fraction of sp³-hybridized carbons (Fsp3) is 0.304. The van der Waals surface area contributed by atoms with Crippen molar-refractivity contribution in [2.75, 3.05) is 13.1 Å². The number of aromatic amines is 1. The van der Waals surface area contributed by atoms with Gasteiger partial charge in [-0.15, -0.1) is 0 Å². The van der Waals surface area contributed by atoms with Gasteiger partial charge in [-0.3, -0.25) is 4.79 Å². The minimum absolute atomic E-state index is 0.0884. The molecule has 0 amide bonds. The Labute approximate surface area is 180 Å². The highest BCUT2D eigenvalue weighted by Gasteiger charge is 2.35. The first-order valence-corrected chi connectivity index (χ1v) is 11.8. The van der Waals surface area contributed by atoms with Crippen LogP contribution in [0.15, 0.2) is 64.7 Å². The van der Waals surface area contributed by atoms with Crippen molar-refractivity contribution in [1.29, 1.82) is 0 Å². The molecule has 31 heavy (non-hydrogen) atoms. The van der Waals surface area contributed by atoms with Crippen LogP contribution in [-0.2, 0) is 10.0 Å². The van der Waals surface area contributed by atoms with Crippen LogP contribution in [0.2, 0.25) is 0 Å². The van der Waals surface area contributed by atoms with Crippen molar-refractivity contribution in [3.8, 4) is 0 Å². The lowest BCUT2D eigenvalue weighted by atomic mass is 9.94. The predicted octanol–water partition coefficient (Wildman–Crippen LogP) is 3.46. The van der Waals surface area contributed by atoms with Crippen molar-refractivity contribution in [3.63, 3.8) is 0 Å². The van der Waals surface area contributed by atoms with Gasteiger partial charge in [0.2, 0.25) is 10.0 Å². The summed E-state index contributed by atoms with van der Waals surface area (Å²) in [7, 11) is -3.60. The van der Waals surface area contributed by atoms with Crippen LogP contribution < -0.4 is 5.43 Å². The third-order valence-electron chi connectivity index (χ3n) is 6.33. The first-order chi connectivity index (χ1) is 14.9. The number of fused-ring (bicyclic) bond motifs is 3. The number of hydrogen-bond acceptors (Lipinski definition) is 4. The van der Waals surface area contributed by atoms with Gasteiger partial charge in [-0.2, -0.15) is 4.31 Å². The summed E-state index contributed by atoms with van der Waals surface area (Å²) in [4.78, 5) is 20.3. The zero-order valence-electron chi connectivity index (χ0n) is 17.4. The van der Waals surface area contributed by atoms with Gasteiger partial charge in [-0.05, 0) is 43.0 Å². The molecule has 1 aromatic carbocycles. The van der Waals surface area contributed by atoms with Gasteiger partial charge in [0.15, 0.2) is 5.43 Å². The Bertz CT molecular complexity index is 1450. The van der Waals surface area contributed by atoms with E-state index in [1.165, 1.54) is 0 Å². The Morgan fingerprint density at radius 2 is 2.00 bits per heavy atom. The Morgan fingerprint density at radius 3 is 2.81 bits per heavy atom. The molecule has 0 radical (unpaired) electrons. The van der Waals surface area contributed by atoms with Crippen LogP contribution in [0.5, 0.6) is 0 Å². The summed E-state index contributed by atoms with van der Waals surface area (Å²) < 4.78 is 30.4. The molecule has 4 heterocycles. The smallest absolute Gasteiger partial charge is 0.243 e. The minimum Gasteiger partial charge on any atom is -0.346 e. The van der Waals surface area contributed by atoms with Gasteiger partial charge < -0.3 is 9.55 Å². The maximum atomic E-state index is 13.4. The van der Waals surface area contributed by atoms with E-state index in [0.29, 0.717) is 29.0 Å². The number of H-pyrrole nitrogens is 1. The molecule has 0 spiro atoms. The molecule has 7 nitrogen and oxygen atoms in total. The van der Waals surface area contributed by atoms with E-state index in [-0.39, 0.29) is 17.4 Å². The molecule has 1 N–H and O–H groups in total. The molecule has 0 bridgehead atoms. The topological polar surface area (TPSA) is 88.1 Å². The van der Waals surface area contributed by atoms with Crippen LogP contribution in [0.3, 0.4) is 0 Å². The fourth-order valence-corrected chi connectivity index (χ4v) is 6.14. The lowest BCUT2D eigenvalue weighted by Crippen LogP contribution is -2.44. The second kappa shape index (κ2) is 7.32. The highest BCUT2D eigenvalue weighted by Crippen LogP contribution is 2.34. The van der Waals surface area contributed by atoms with Gasteiger partial charge in [0, 0.05) is 43.1 Å². The molecule has 1 fully saturated rings. The number of rotatable bonds is 3. The number of aryl methyl sites for hydroxylation is 1. The van der Waals surface area contributed by atoms with Crippen molar-refractivity contribution in [2.24, 2.45) is 5.92 Å². The quantitative estimate of drug-likeness (QED) is 0.533.